The third-order valence-electron chi connectivity index (χ3n) is 3.49. The van der Waals surface area contributed by atoms with Crippen molar-refractivity contribution in [1.29, 1.82) is 0 Å². The van der Waals surface area contributed by atoms with Gasteiger partial charge in [-0.05, 0) is 24.3 Å². The van der Waals surface area contributed by atoms with Gasteiger partial charge < -0.3 is 19.6 Å². The van der Waals surface area contributed by atoms with Crippen molar-refractivity contribution >= 4 is 17.5 Å². The van der Waals surface area contributed by atoms with Gasteiger partial charge in [0.05, 0.1) is 25.1 Å². The van der Waals surface area contributed by atoms with Gasteiger partial charge >= 0.3 is 0 Å². The van der Waals surface area contributed by atoms with Crippen molar-refractivity contribution in [1.82, 2.24) is 4.90 Å². The molecule has 1 aliphatic heterocycles. The predicted molar refractivity (Wildman–Crippen MR) is 85.0 cm³/mol. The largest absolute Gasteiger partial charge is 0.483 e. The van der Waals surface area contributed by atoms with E-state index in [2.05, 4.69) is 5.32 Å². The molecule has 0 radical (unpaired) electrons. The average Bonchev–Trinajstić information content (AvgIpc) is 3.19. The molecule has 1 aliphatic rings. The molecule has 2 N–H and O–H groups in total. The van der Waals surface area contributed by atoms with Gasteiger partial charge in [0.2, 0.25) is 0 Å². The number of amides is 2. The van der Waals surface area contributed by atoms with Gasteiger partial charge in [-0.1, -0.05) is 0 Å². The Morgan fingerprint density at radius 2 is 2.12 bits per heavy atom. The Kier molecular flexibility index (Phi) is 4.80. The number of nitrogens with zero attached hydrogens (tertiary/aromatic N) is 1. The fraction of sp³-hybridized carbons (Fsp3) is 0.176. The molecule has 25 heavy (non-hydrogen) atoms. The molecule has 130 valence electrons. The van der Waals surface area contributed by atoms with E-state index in [9.17, 15) is 14.0 Å². The molecule has 0 bridgehead atoms. The second-order valence-electron chi connectivity index (χ2n) is 5.21. The van der Waals surface area contributed by atoms with Gasteiger partial charge in [0.1, 0.15) is 29.6 Å². The van der Waals surface area contributed by atoms with Gasteiger partial charge in [0.15, 0.2) is 0 Å². The summed E-state index contributed by atoms with van der Waals surface area (Å²) < 4.78 is 24.3. The molecule has 2 amide bonds. The minimum atomic E-state index is -0.597. The number of ether oxygens (including phenoxy) is 1. The zero-order chi connectivity index (χ0) is 17.8. The van der Waals surface area contributed by atoms with Crippen LogP contribution in [0.1, 0.15) is 5.76 Å². The Morgan fingerprint density at radius 3 is 2.84 bits per heavy atom. The SMILES string of the molecule is O=C1C=C(Nc2cc(F)ccc2OCc2ccco2)C(=O)N1CCO. The topological polar surface area (TPSA) is 92.0 Å². The second kappa shape index (κ2) is 7.18. The number of anilines is 1. The molecule has 1 aromatic carbocycles. The summed E-state index contributed by atoms with van der Waals surface area (Å²) in [6, 6.07) is 7.23. The summed E-state index contributed by atoms with van der Waals surface area (Å²) in [5.74, 6) is -0.802. The highest BCUT2D eigenvalue weighted by atomic mass is 19.1. The standard InChI is InChI=1S/C17H15FN2O5/c18-11-3-4-15(25-10-12-2-1-7-24-12)13(8-11)19-14-9-16(22)20(5-6-21)17(14)23/h1-4,7-9,19,21H,5-6,10H2. The highest BCUT2D eigenvalue weighted by Crippen LogP contribution is 2.29. The third-order valence-corrected chi connectivity index (χ3v) is 3.49. The van der Waals surface area contributed by atoms with E-state index in [4.69, 9.17) is 14.3 Å². The molecular weight excluding hydrogens is 331 g/mol. The zero-order valence-electron chi connectivity index (χ0n) is 13.1. The highest BCUT2D eigenvalue weighted by Gasteiger charge is 2.31. The van der Waals surface area contributed by atoms with Gasteiger partial charge in [-0.3, -0.25) is 14.5 Å². The lowest BCUT2D eigenvalue weighted by Gasteiger charge is -2.15. The first-order chi connectivity index (χ1) is 12.1. The molecule has 0 saturated carbocycles. The summed E-state index contributed by atoms with van der Waals surface area (Å²) in [5.41, 5.74) is 0.178. The van der Waals surface area contributed by atoms with E-state index in [1.807, 2.05) is 0 Å². The Hall–Kier alpha value is -3.13. The molecule has 3 rings (SSSR count). The van der Waals surface area contributed by atoms with Crippen LogP contribution in [-0.2, 0) is 16.2 Å². The number of benzene rings is 1. The first kappa shape index (κ1) is 16.7. The quantitative estimate of drug-likeness (QED) is 0.741. The van der Waals surface area contributed by atoms with Crippen molar-refractivity contribution in [3.05, 3.63) is 59.9 Å². The number of hydrogen-bond donors (Lipinski definition) is 2. The Balaban J connectivity index is 1.77. The Labute approximate surface area is 142 Å². The predicted octanol–water partition coefficient (Wildman–Crippen LogP) is 1.65. The summed E-state index contributed by atoms with van der Waals surface area (Å²) in [5, 5.41) is 11.6. The van der Waals surface area contributed by atoms with Crippen molar-refractivity contribution in [2.45, 2.75) is 6.61 Å². The van der Waals surface area contributed by atoms with E-state index < -0.39 is 17.6 Å². The lowest BCUT2D eigenvalue weighted by molar-refractivity contribution is -0.137. The van der Waals surface area contributed by atoms with Crippen molar-refractivity contribution in [3.63, 3.8) is 0 Å². The monoisotopic (exact) mass is 346 g/mol. The van der Waals surface area contributed by atoms with Crippen LogP contribution in [0.4, 0.5) is 10.1 Å². The second-order valence-corrected chi connectivity index (χ2v) is 5.21. The van der Waals surface area contributed by atoms with E-state index in [1.54, 1.807) is 12.1 Å². The summed E-state index contributed by atoms with van der Waals surface area (Å²) in [7, 11) is 0. The normalized spacial score (nSPS) is 14.0. The van der Waals surface area contributed by atoms with E-state index in [-0.39, 0.29) is 31.1 Å². The van der Waals surface area contributed by atoms with Gasteiger partial charge in [0.25, 0.3) is 11.8 Å². The molecule has 0 spiro atoms. The first-order valence-electron chi connectivity index (χ1n) is 7.48. The summed E-state index contributed by atoms with van der Waals surface area (Å²) >= 11 is 0. The van der Waals surface area contributed by atoms with Crippen LogP contribution < -0.4 is 10.1 Å². The number of nitrogens with one attached hydrogen (secondary N) is 1. The summed E-state index contributed by atoms with van der Waals surface area (Å²) in [4.78, 5) is 24.8. The lowest BCUT2D eigenvalue weighted by atomic mass is 10.2. The lowest BCUT2D eigenvalue weighted by Crippen LogP contribution is -2.34. The number of rotatable bonds is 7. The molecule has 2 aromatic rings. The van der Waals surface area contributed by atoms with E-state index >= 15 is 0 Å². The maximum absolute atomic E-state index is 13.6. The molecule has 0 unspecified atom stereocenters. The van der Waals surface area contributed by atoms with Crippen LogP contribution in [0, 0.1) is 5.82 Å². The van der Waals surface area contributed by atoms with Crippen LogP contribution in [0.3, 0.4) is 0 Å². The molecule has 8 heteroatoms. The third kappa shape index (κ3) is 3.69. The number of carbonyl (C=O) groups is 2. The number of aliphatic hydroxyl groups excluding tert-OH is 1. The minimum absolute atomic E-state index is 0.0214. The van der Waals surface area contributed by atoms with E-state index in [0.717, 1.165) is 17.0 Å². The Morgan fingerprint density at radius 1 is 1.28 bits per heavy atom. The number of β-amino-alcohol motifs (C(OH)–C–C–N with tert-alkyl or cyclic N) is 1. The molecule has 0 saturated heterocycles. The molecule has 7 nitrogen and oxygen atoms in total. The van der Waals surface area contributed by atoms with Crippen molar-refractivity contribution in [3.8, 4) is 5.75 Å². The van der Waals surface area contributed by atoms with Crippen LogP contribution in [0.25, 0.3) is 0 Å². The van der Waals surface area contributed by atoms with E-state index in [1.165, 1.54) is 18.4 Å². The van der Waals surface area contributed by atoms with Crippen LogP contribution in [0.2, 0.25) is 0 Å². The number of furan rings is 1. The van der Waals surface area contributed by atoms with Gasteiger partial charge in [-0.2, -0.15) is 0 Å². The molecule has 2 heterocycles. The molecular formula is C17H15FN2O5. The Bertz CT molecular complexity index is 816. The summed E-state index contributed by atoms with van der Waals surface area (Å²) in [6.45, 7) is -0.323. The van der Waals surface area contributed by atoms with E-state index in [0.29, 0.717) is 11.5 Å². The van der Waals surface area contributed by atoms with Crippen LogP contribution >= 0.6 is 0 Å². The maximum atomic E-state index is 13.6. The fourth-order valence-electron chi connectivity index (χ4n) is 2.32. The minimum Gasteiger partial charge on any atom is -0.483 e. The number of imide groups is 1. The maximum Gasteiger partial charge on any atom is 0.277 e. The number of carbonyl (C=O) groups excluding carboxylic acids is 2. The summed E-state index contributed by atoms with van der Waals surface area (Å²) in [6.07, 6.45) is 2.60. The molecule has 0 aliphatic carbocycles. The van der Waals surface area contributed by atoms with Gasteiger partial charge in [0, 0.05) is 12.1 Å². The van der Waals surface area contributed by atoms with Gasteiger partial charge in [-0.15, -0.1) is 0 Å². The van der Waals surface area contributed by atoms with Crippen molar-refractivity contribution in [2.75, 3.05) is 18.5 Å². The fourth-order valence-corrected chi connectivity index (χ4v) is 2.32. The smallest absolute Gasteiger partial charge is 0.277 e. The van der Waals surface area contributed by atoms with Crippen LogP contribution in [0.5, 0.6) is 5.75 Å². The van der Waals surface area contributed by atoms with Gasteiger partial charge in [-0.25, -0.2) is 4.39 Å². The number of hydrogen-bond acceptors (Lipinski definition) is 6. The first-order valence-corrected chi connectivity index (χ1v) is 7.48. The molecule has 1 aromatic heterocycles. The molecule has 0 atom stereocenters. The van der Waals surface area contributed by atoms with Crippen LogP contribution in [0.15, 0.2) is 52.8 Å². The number of halogens is 1. The van der Waals surface area contributed by atoms with Crippen molar-refractivity contribution in [2.24, 2.45) is 0 Å². The average molecular weight is 346 g/mol. The molecule has 0 fully saturated rings. The van der Waals surface area contributed by atoms with Crippen LogP contribution in [-0.4, -0.2) is 35.0 Å². The number of aliphatic hydroxyl groups is 1. The van der Waals surface area contributed by atoms with Crippen molar-refractivity contribution < 1.29 is 28.2 Å². The zero-order valence-corrected chi connectivity index (χ0v) is 13.1. The highest BCUT2D eigenvalue weighted by molar-refractivity contribution is 6.17.